The number of carbonyl (C=O) groups is 3. The number of primary amides is 1. The molecule has 0 saturated heterocycles. The highest BCUT2D eigenvalue weighted by molar-refractivity contribution is 7.16. The second-order valence-corrected chi connectivity index (χ2v) is 7.65. The van der Waals surface area contributed by atoms with E-state index >= 15 is 0 Å². The van der Waals surface area contributed by atoms with Gasteiger partial charge < -0.3 is 16.4 Å². The Morgan fingerprint density at radius 2 is 1.59 bits per heavy atom. The zero-order valence-corrected chi connectivity index (χ0v) is 16.9. The van der Waals surface area contributed by atoms with E-state index in [1.165, 1.54) is 18.3 Å². The van der Waals surface area contributed by atoms with Crippen molar-refractivity contribution in [3.63, 3.8) is 0 Å². The van der Waals surface area contributed by atoms with Crippen LogP contribution in [0.25, 0.3) is 0 Å². The number of benzene rings is 2. The topological polar surface area (TPSA) is 101 Å². The van der Waals surface area contributed by atoms with Gasteiger partial charge in [-0.05, 0) is 23.8 Å². The molecule has 0 spiro atoms. The van der Waals surface area contributed by atoms with Gasteiger partial charge in [0.1, 0.15) is 5.00 Å². The van der Waals surface area contributed by atoms with Crippen LogP contribution in [0, 0.1) is 0 Å². The second-order valence-electron chi connectivity index (χ2n) is 6.57. The molecular weight excluding hydrogens is 386 g/mol. The fourth-order valence-electron chi connectivity index (χ4n) is 2.96. The Kier molecular flexibility index (Phi) is 6.09. The molecule has 148 valence electrons. The first-order valence-electron chi connectivity index (χ1n) is 9.03. The summed E-state index contributed by atoms with van der Waals surface area (Å²) in [7, 11) is 0. The second kappa shape index (κ2) is 8.70. The molecule has 6 nitrogen and oxygen atoms in total. The van der Waals surface area contributed by atoms with Crippen LogP contribution in [0.5, 0.6) is 0 Å². The van der Waals surface area contributed by atoms with Crippen LogP contribution in [0.3, 0.4) is 0 Å². The zero-order valence-electron chi connectivity index (χ0n) is 16.1. The normalized spacial score (nSPS) is 11.5. The number of amides is 3. The van der Waals surface area contributed by atoms with Gasteiger partial charge in [-0.25, -0.2) is 0 Å². The van der Waals surface area contributed by atoms with Crippen LogP contribution in [-0.2, 0) is 4.79 Å². The summed E-state index contributed by atoms with van der Waals surface area (Å²) in [5.74, 6) is -1.29. The van der Waals surface area contributed by atoms with E-state index in [4.69, 9.17) is 5.73 Å². The van der Waals surface area contributed by atoms with Crippen LogP contribution in [0.4, 0.5) is 10.7 Å². The molecule has 0 radical (unpaired) electrons. The Morgan fingerprint density at radius 3 is 2.24 bits per heavy atom. The average Bonchev–Trinajstić information content (AvgIpc) is 3.12. The molecule has 3 aromatic rings. The number of anilines is 2. The number of thiophene rings is 1. The number of rotatable bonds is 6. The van der Waals surface area contributed by atoms with Crippen molar-refractivity contribution in [2.24, 2.45) is 5.73 Å². The molecule has 1 unspecified atom stereocenters. The van der Waals surface area contributed by atoms with Gasteiger partial charge in [0.15, 0.2) is 0 Å². The molecule has 1 aromatic heterocycles. The Bertz CT molecular complexity index is 1060. The highest BCUT2D eigenvalue weighted by Crippen LogP contribution is 2.36. The minimum atomic E-state index is -0.613. The monoisotopic (exact) mass is 407 g/mol. The highest BCUT2D eigenvalue weighted by atomic mass is 32.1. The van der Waals surface area contributed by atoms with Crippen molar-refractivity contribution in [1.82, 2.24) is 0 Å². The van der Waals surface area contributed by atoms with Crippen LogP contribution in [0.15, 0.2) is 60.7 Å². The molecule has 1 heterocycles. The molecule has 1 atom stereocenters. The standard InChI is InChI=1S/C22H21N3O3S/c1-13(15-8-4-3-5-9-15)19-12-17(20(23)27)22(29-19)25-21(28)16-10-6-7-11-18(16)24-14(2)26/h3-13H,1-2H3,(H2,23,27)(H,24,26)(H,25,28). The largest absolute Gasteiger partial charge is 0.366 e. The van der Waals surface area contributed by atoms with E-state index in [9.17, 15) is 14.4 Å². The molecule has 0 fully saturated rings. The van der Waals surface area contributed by atoms with E-state index in [0.717, 1.165) is 10.4 Å². The molecule has 0 aliphatic heterocycles. The van der Waals surface area contributed by atoms with Gasteiger partial charge in [0, 0.05) is 17.7 Å². The lowest BCUT2D eigenvalue weighted by atomic mass is 9.99. The number of nitrogens with one attached hydrogen (secondary N) is 2. The van der Waals surface area contributed by atoms with Crippen molar-refractivity contribution in [3.8, 4) is 0 Å². The Labute approximate surface area is 172 Å². The van der Waals surface area contributed by atoms with Crippen molar-refractivity contribution < 1.29 is 14.4 Å². The van der Waals surface area contributed by atoms with E-state index < -0.39 is 11.8 Å². The summed E-state index contributed by atoms with van der Waals surface area (Å²) in [6.45, 7) is 3.40. The summed E-state index contributed by atoms with van der Waals surface area (Å²) < 4.78 is 0. The predicted molar refractivity (Wildman–Crippen MR) is 115 cm³/mol. The Balaban J connectivity index is 1.91. The molecule has 29 heavy (non-hydrogen) atoms. The molecule has 4 N–H and O–H groups in total. The Morgan fingerprint density at radius 1 is 0.931 bits per heavy atom. The summed E-state index contributed by atoms with van der Waals surface area (Å²) >= 11 is 1.31. The molecule has 3 rings (SSSR count). The third-order valence-corrected chi connectivity index (χ3v) is 5.69. The number of nitrogens with two attached hydrogens (primary N) is 1. The maximum atomic E-state index is 12.8. The molecular formula is C22H21N3O3S. The van der Waals surface area contributed by atoms with Crippen LogP contribution in [-0.4, -0.2) is 17.7 Å². The van der Waals surface area contributed by atoms with E-state index in [2.05, 4.69) is 10.6 Å². The van der Waals surface area contributed by atoms with Crippen molar-refractivity contribution in [3.05, 3.63) is 82.2 Å². The van der Waals surface area contributed by atoms with Crippen molar-refractivity contribution in [2.75, 3.05) is 10.6 Å². The molecule has 3 amide bonds. The molecule has 0 bridgehead atoms. The maximum Gasteiger partial charge on any atom is 0.258 e. The third kappa shape index (κ3) is 4.70. The van der Waals surface area contributed by atoms with Crippen LogP contribution in [0.2, 0.25) is 0 Å². The van der Waals surface area contributed by atoms with Crippen molar-refractivity contribution in [1.29, 1.82) is 0 Å². The molecule has 2 aromatic carbocycles. The predicted octanol–water partition coefficient (Wildman–Crippen LogP) is 4.21. The van der Waals surface area contributed by atoms with Gasteiger partial charge in [-0.3, -0.25) is 14.4 Å². The fourth-order valence-corrected chi connectivity index (χ4v) is 4.09. The van der Waals surface area contributed by atoms with Crippen molar-refractivity contribution >= 4 is 39.7 Å². The number of hydrogen-bond acceptors (Lipinski definition) is 4. The molecule has 7 heteroatoms. The highest BCUT2D eigenvalue weighted by Gasteiger charge is 2.21. The van der Waals surface area contributed by atoms with Gasteiger partial charge in [0.25, 0.3) is 11.8 Å². The molecule has 0 saturated carbocycles. The SMILES string of the molecule is CC(=O)Nc1ccccc1C(=O)Nc1sc(C(C)c2ccccc2)cc1C(N)=O. The third-order valence-electron chi connectivity index (χ3n) is 4.45. The summed E-state index contributed by atoms with van der Waals surface area (Å²) in [5.41, 5.74) is 7.59. The Hall–Kier alpha value is -3.45. The van der Waals surface area contributed by atoms with Crippen LogP contribution in [0.1, 0.15) is 50.9 Å². The van der Waals surface area contributed by atoms with Gasteiger partial charge in [-0.1, -0.05) is 49.4 Å². The minimum absolute atomic E-state index is 0.0385. The minimum Gasteiger partial charge on any atom is -0.366 e. The van der Waals surface area contributed by atoms with Crippen LogP contribution < -0.4 is 16.4 Å². The lowest BCUT2D eigenvalue weighted by Crippen LogP contribution is -2.18. The number of carbonyl (C=O) groups excluding carboxylic acids is 3. The lowest BCUT2D eigenvalue weighted by molar-refractivity contribution is -0.114. The van der Waals surface area contributed by atoms with Crippen molar-refractivity contribution in [2.45, 2.75) is 19.8 Å². The first-order chi connectivity index (χ1) is 13.9. The van der Waals surface area contributed by atoms with E-state index in [0.29, 0.717) is 16.3 Å². The van der Waals surface area contributed by atoms with E-state index in [1.54, 1.807) is 30.3 Å². The zero-order chi connectivity index (χ0) is 21.0. The number of para-hydroxylation sites is 1. The summed E-state index contributed by atoms with van der Waals surface area (Å²) in [5, 5.41) is 5.80. The van der Waals surface area contributed by atoms with Crippen LogP contribution >= 0.6 is 11.3 Å². The van der Waals surface area contributed by atoms with E-state index in [1.807, 2.05) is 37.3 Å². The summed E-state index contributed by atoms with van der Waals surface area (Å²) in [4.78, 5) is 37.1. The summed E-state index contributed by atoms with van der Waals surface area (Å²) in [6.07, 6.45) is 0. The first kappa shape index (κ1) is 20.3. The lowest BCUT2D eigenvalue weighted by Gasteiger charge is -2.10. The average molecular weight is 407 g/mol. The quantitative estimate of drug-likeness (QED) is 0.570. The molecule has 0 aliphatic carbocycles. The fraction of sp³-hybridized carbons (Fsp3) is 0.136. The van der Waals surface area contributed by atoms with Gasteiger partial charge in [0.2, 0.25) is 5.91 Å². The smallest absolute Gasteiger partial charge is 0.258 e. The van der Waals surface area contributed by atoms with Gasteiger partial charge in [-0.15, -0.1) is 11.3 Å². The van der Waals surface area contributed by atoms with Gasteiger partial charge in [0.05, 0.1) is 16.8 Å². The molecule has 0 aliphatic rings. The first-order valence-corrected chi connectivity index (χ1v) is 9.85. The maximum absolute atomic E-state index is 12.8. The summed E-state index contributed by atoms with van der Waals surface area (Å²) in [6, 6.07) is 18.3. The van der Waals surface area contributed by atoms with E-state index in [-0.39, 0.29) is 17.4 Å². The number of hydrogen-bond donors (Lipinski definition) is 3. The van der Waals surface area contributed by atoms with Gasteiger partial charge >= 0.3 is 0 Å². The van der Waals surface area contributed by atoms with Gasteiger partial charge in [-0.2, -0.15) is 0 Å².